The van der Waals surface area contributed by atoms with Crippen LogP contribution in [0.2, 0.25) is 0 Å². The van der Waals surface area contributed by atoms with Gasteiger partial charge in [0.05, 0.1) is 19.5 Å². The zero-order valence-corrected chi connectivity index (χ0v) is 16.8. The molecule has 0 N–H and O–H groups in total. The average molecular weight is 401 g/mol. The van der Waals surface area contributed by atoms with Crippen LogP contribution in [0, 0.1) is 6.92 Å². The van der Waals surface area contributed by atoms with E-state index in [1.165, 1.54) is 12.5 Å². The van der Waals surface area contributed by atoms with Crippen LogP contribution in [0.15, 0.2) is 10.7 Å². The number of piperidine rings is 1. The fraction of sp³-hybridized carbons (Fsp3) is 0.765. The molecule has 3 heterocycles. The molecule has 10 heteroatoms. The van der Waals surface area contributed by atoms with E-state index in [4.69, 9.17) is 9.15 Å². The van der Waals surface area contributed by atoms with Crippen molar-refractivity contribution >= 4 is 15.9 Å². The second-order valence-corrected chi connectivity index (χ2v) is 9.06. The van der Waals surface area contributed by atoms with Crippen LogP contribution in [0.25, 0.3) is 0 Å². The highest BCUT2D eigenvalue weighted by atomic mass is 32.2. The number of nitrogens with zero attached hydrogens (tertiary/aromatic N) is 4. The summed E-state index contributed by atoms with van der Waals surface area (Å²) in [6.07, 6.45) is 4.11. The van der Waals surface area contributed by atoms with Crippen molar-refractivity contribution in [3.05, 3.63) is 17.8 Å². The lowest BCUT2D eigenvalue weighted by Gasteiger charge is -2.39. The van der Waals surface area contributed by atoms with Crippen molar-refractivity contribution in [1.29, 1.82) is 0 Å². The first-order valence-electron chi connectivity index (χ1n) is 9.33. The lowest BCUT2D eigenvalue weighted by atomic mass is 10.1. The maximum Gasteiger partial charge on any atom is 0.275 e. The van der Waals surface area contributed by atoms with Crippen LogP contribution in [-0.4, -0.2) is 98.2 Å². The van der Waals surface area contributed by atoms with Gasteiger partial charge in [0, 0.05) is 52.2 Å². The number of oxazole rings is 1. The predicted molar refractivity (Wildman–Crippen MR) is 99.0 cm³/mol. The number of carbonyl (C=O) groups is 1. The van der Waals surface area contributed by atoms with Crippen molar-refractivity contribution in [3.8, 4) is 0 Å². The van der Waals surface area contributed by atoms with Crippen molar-refractivity contribution in [2.45, 2.75) is 25.8 Å². The molecule has 0 aromatic carbocycles. The Hall–Kier alpha value is -1.49. The molecule has 0 spiro atoms. The Morgan fingerprint density at radius 1 is 1.33 bits per heavy atom. The molecular formula is C17H28N4O5S. The van der Waals surface area contributed by atoms with Crippen LogP contribution >= 0.6 is 0 Å². The maximum atomic E-state index is 12.6. The highest BCUT2D eigenvalue weighted by Gasteiger charge is 2.33. The molecule has 152 valence electrons. The Kier molecular flexibility index (Phi) is 6.51. The Bertz CT molecular complexity index is 744. The van der Waals surface area contributed by atoms with Crippen LogP contribution in [0.4, 0.5) is 0 Å². The first kappa shape index (κ1) is 20.2. The average Bonchev–Trinajstić information content (AvgIpc) is 3.08. The molecule has 3 rings (SSSR count). The molecule has 1 unspecified atom stereocenters. The van der Waals surface area contributed by atoms with Crippen LogP contribution in [-0.2, 0) is 14.8 Å². The van der Waals surface area contributed by atoms with Gasteiger partial charge in [-0.1, -0.05) is 0 Å². The van der Waals surface area contributed by atoms with Crippen LogP contribution < -0.4 is 0 Å². The first-order chi connectivity index (χ1) is 12.8. The van der Waals surface area contributed by atoms with Crippen LogP contribution in [0.1, 0.15) is 29.2 Å². The number of carbonyl (C=O) groups excluding carboxylic acids is 1. The lowest BCUT2D eigenvalue weighted by Crippen LogP contribution is -2.53. The molecule has 1 aromatic heterocycles. The molecule has 2 aliphatic heterocycles. The summed E-state index contributed by atoms with van der Waals surface area (Å²) in [5, 5.41) is 0. The molecular weight excluding hydrogens is 372 g/mol. The number of ether oxygens (including phenoxy) is 1. The number of sulfonamides is 1. The van der Waals surface area contributed by atoms with Gasteiger partial charge in [0.15, 0.2) is 11.6 Å². The van der Waals surface area contributed by atoms with Crippen molar-refractivity contribution in [1.82, 2.24) is 19.1 Å². The Balaban J connectivity index is 1.65. The Labute approximate surface area is 160 Å². The number of amides is 1. The van der Waals surface area contributed by atoms with Crippen molar-refractivity contribution in [2.24, 2.45) is 0 Å². The van der Waals surface area contributed by atoms with E-state index in [-0.39, 0.29) is 17.6 Å². The fourth-order valence-electron chi connectivity index (χ4n) is 3.68. The van der Waals surface area contributed by atoms with Crippen LogP contribution in [0.3, 0.4) is 0 Å². The van der Waals surface area contributed by atoms with E-state index in [1.54, 1.807) is 16.1 Å². The van der Waals surface area contributed by atoms with E-state index < -0.39 is 10.0 Å². The molecule has 9 nitrogen and oxygen atoms in total. The van der Waals surface area contributed by atoms with E-state index in [0.717, 1.165) is 25.9 Å². The second kappa shape index (κ2) is 8.68. The number of likely N-dealkylation sites (tertiary alicyclic amines) is 1. The van der Waals surface area contributed by atoms with Gasteiger partial charge >= 0.3 is 0 Å². The van der Waals surface area contributed by atoms with Crippen LogP contribution in [0.5, 0.6) is 0 Å². The smallest absolute Gasteiger partial charge is 0.275 e. The van der Waals surface area contributed by atoms with E-state index in [2.05, 4.69) is 9.88 Å². The van der Waals surface area contributed by atoms with Crippen molar-refractivity contribution < 1.29 is 22.4 Å². The monoisotopic (exact) mass is 400 g/mol. The minimum atomic E-state index is -3.37. The van der Waals surface area contributed by atoms with E-state index >= 15 is 0 Å². The molecule has 0 saturated carbocycles. The lowest BCUT2D eigenvalue weighted by molar-refractivity contribution is 0.0334. The molecule has 2 saturated heterocycles. The molecule has 1 aromatic rings. The Morgan fingerprint density at radius 2 is 2.07 bits per heavy atom. The first-order valence-corrected chi connectivity index (χ1v) is 11.2. The number of morpholine rings is 1. The zero-order valence-electron chi connectivity index (χ0n) is 16.0. The minimum absolute atomic E-state index is 0.210. The van der Waals surface area contributed by atoms with Gasteiger partial charge in [-0.15, -0.1) is 0 Å². The summed E-state index contributed by atoms with van der Waals surface area (Å²) in [6.45, 7) is 6.76. The van der Waals surface area contributed by atoms with Crippen molar-refractivity contribution in [3.63, 3.8) is 0 Å². The van der Waals surface area contributed by atoms with Gasteiger partial charge in [0.2, 0.25) is 10.0 Å². The number of rotatable bonds is 6. The molecule has 0 bridgehead atoms. The highest BCUT2D eigenvalue weighted by Crippen LogP contribution is 2.20. The molecule has 1 amide bonds. The molecule has 0 aliphatic carbocycles. The van der Waals surface area contributed by atoms with E-state index in [9.17, 15) is 13.2 Å². The van der Waals surface area contributed by atoms with E-state index in [1.807, 2.05) is 0 Å². The summed E-state index contributed by atoms with van der Waals surface area (Å²) in [5.74, 6) is 0.230. The fourth-order valence-corrected chi connectivity index (χ4v) is 4.81. The number of hydrogen-bond acceptors (Lipinski definition) is 7. The zero-order chi connectivity index (χ0) is 19.4. The normalized spacial score (nSPS) is 22.3. The molecule has 1 atom stereocenters. The van der Waals surface area contributed by atoms with Gasteiger partial charge < -0.3 is 14.1 Å². The third kappa shape index (κ3) is 5.28. The quantitative estimate of drug-likeness (QED) is 0.672. The second-order valence-electron chi connectivity index (χ2n) is 7.13. The third-order valence-corrected chi connectivity index (χ3v) is 6.43. The molecule has 2 aliphatic rings. The van der Waals surface area contributed by atoms with Gasteiger partial charge in [-0.2, -0.15) is 4.31 Å². The minimum Gasteiger partial charge on any atom is -0.448 e. The molecule has 0 radical (unpaired) electrons. The summed E-state index contributed by atoms with van der Waals surface area (Å²) >= 11 is 0. The largest absolute Gasteiger partial charge is 0.448 e. The third-order valence-electron chi connectivity index (χ3n) is 5.10. The summed E-state index contributed by atoms with van der Waals surface area (Å²) in [4.78, 5) is 20.6. The number of hydrogen-bond donors (Lipinski definition) is 0. The summed E-state index contributed by atoms with van der Waals surface area (Å²) < 4.78 is 36.8. The number of aromatic nitrogens is 1. The van der Waals surface area contributed by atoms with Gasteiger partial charge in [-0.05, 0) is 12.8 Å². The highest BCUT2D eigenvalue weighted by molar-refractivity contribution is 7.88. The van der Waals surface area contributed by atoms with E-state index in [0.29, 0.717) is 45.3 Å². The topological polar surface area (TPSA) is 96.2 Å². The van der Waals surface area contributed by atoms with Gasteiger partial charge in [0.25, 0.3) is 5.91 Å². The predicted octanol–water partition coefficient (Wildman–Crippen LogP) is 0.181. The SMILES string of the molecule is Cc1nc(C(=O)N2CCCC(N(CCN3CCOCC3)S(C)(=O)=O)C2)co1. The van der Waals surface area contributed by atoms with Gasteiger partial charge in [0.1, 0.15) is 6.26 Å². The Morgan fingerprint density at radius 3 is 2.70 bits per heavy atom. The molecule has 2 fully saturated rings. The number of aryl methyl sites for hydroxylation is 1. The standard InChI is InChI=1S/C17H28N4O5S/c1-14-18-16(13-26-14)17(22)20-5-3-4-15(12-20)21(27(2,23)24)7-6-19-8-10-25-11-9-19/h13,15H,3-12H2,1-2H3. The van der Waals surface area contributed by atoms with Gasteiger partial charge in [-0.25, -0.2) is 13.4 Å². The molecule has 27 heavy (non-hydrogen) atoms. The summed E-state index contributed by atoms with van der Waals surface area (Å²) in [5.41, 5.74) is 0.271. The van der Waals surface area contributed by atoms with Gasteiger partial charge in [-0.3, -0.25) is 9.69 Å². The summed E-state index contributed by atoms with van der Waals surface area (Å²) in [6, 6.07) is -0.216. The maximum absolute atomic E-state index is 12.6. The summed E-state index contributed by atoms with van der Waals surface area (Å²) in [7, 11) is -3.37. The van der Waals surface area contributed by atoms with Crippen molar-refractivity contribution in [2.75, 3.05) is 58.7 Å².